The maximum atomic E-state index is 11.7. The van der Waals surface area contributed by atoms with Crippen LogP contribution in [0.2, 0.25) is 0 Å². The number of hydrogen-bond donors (Lipinski definition) is 1. The van der Waals surface area contributed by atoms with E-state index in [-0.39, 0.29) is 0 Å². The van der Waals surface area contributed by atoms with Crippen molar-refractivity contribution < 1.29 is 14.3 Å². The fraction of sp³-hybridized carbons (Fsp3) is 0.286. The molecule has 4 nitrogen and oxygen atoms in total. The third-order valence-corrected chi connectivity index (χ3v) is 4.19. The molecule has 5 heteroatoms. The molecule has 138 valence electrons. The van der Waals surface area contributed by atoms with Gasteiger partial charge in [0.2, 0.25) is 0 Å². The van der Waals surface area contributed by atoms with Crippen molar-refractivity contribution in [1.29, 1.82) is 0 Å². The van der Waals surface area contributed by atoms with Gasteiger partial charge in [-0.3, -0.25) is 0 Å². The number of ether oxygens (including phenoxy) is 2. The molecule has 0 heterocycles. The van der Waals surface area contributed by atoms with Crippen LogP contribution in [0.25, 0.3) is 0 Å². The maximum Gasteiger partial charge on any atom is 0.407 e. The Labute approximate surface area is 159 Å². The van der Waals surface area contributed by atoms with Crippen molar-refractivity contribution in [2.45, 2.75) is 37.8 Å². The average Bonchev–Trinajstić information content (AvgIpc) is 2.59. The zero-order valence-corrected chi connectivity index (χ0v) is 16.3. The summed E-state index contributed by atoms with van der Waals surface area (Å²) in [4.78, 5) is 12.8. The lowest BCUT2D eigenvalue weighted by molar-refractivity contribution is 0.0523. The molecule has 0 aliphatic rings. The lowest BCUT2D eigenvalue weighted by Crippen LogP contribution is -2.32. The fourth-order valence-electron chi connectivity index (χ4n) is 2.06. The quantitative estimate of drug-likeness (QED) is 0.495. The molecule has 0 aliphatic carbocycles. The molecule has 26 heavy (non-hydrogen) atoms. The molecule has 0 atom stereocenters. The van der Waals surface area contributed by atoms with E-state index in [2.05, 4.69) is 11.9 Å². The highest BCUT2D eigenvalue weighted by Gasteiger charge is 2.15. The smallest absolute Gasteiger partial charge is 0.407 e. The highest BCUT2D eigenvalue weighted by atomic mass is 32.2. The number of rotatable bonds is 7. The Morgan fingerprint density at radius 3 is 2.19 bits per heavy atom. The molecule has 0 radical (unpaired) electrons. The summed E-state index contributed by atoms with van der Waals surface area (Å²) in [7, 11) is 0. The Hall–Kier alpha value is -2.40. The number of alkyl carbamates (subject to hydrolysis) is 1. The predicted octanol–water partition coefficient (Wildman–Crippen LogP) is 5.78. The Morgan fingerprint density at radius 2 is 1.65 bits per heavy atom. The van der Waals surface area contributed by atoms with Crippen molar-refractivity contribution in [3.63, 3.8) is 0 Å². The fourth-order valence-corrected chi connectivity index (χ4v) is 2.70. The van der Waals surface area contributed by atoms with E-state index in [0.29, 0.717) is 6.54 Å². The first-order valence-corrected chi connectivity index (χ1v) is 9.42. The van der Waals surface area contributed by atoms with Crippen LogP contribution >= 0.6 is 11.8 Å². The van der Waals surface area contributed by atoms with Gasteiger partial charge in [0, 0.05) is 17.2 Å². The van der Waals surface area contributed by atoms with Gasteiger partial charge in [0.1, 0.15) is 17.1 Å². The number of amides is 1. The van der Waals surface area contributed by atoms with Crippen molar-refractivity contribution in [2.75, 3.05) is 5.75 Å². The van der Waals surface area contributed by atoms with Crippen LogP contribution < -0.4 is 10.1 Å². The number of hydrogen-bond acceptors (Lipinski definition) is 4. The van der Waals surface area contributed by atoms with Crippen LogP contribution in [0.3, 0.4) is 0 Å². The van der Waals surface area contributed by atoms with Crippen molar-refractivity contribution in [3.05, 3.63) is 66.7 Å². The molecule has 2 rings (SSSR count). The largest absolute Gasteiger partial charge is 0.457 e. The summed E-state index contributed by atoms with van der Waals surface area (Å²) < 4.78 is 11.1. The van der Waals surface area contributed by atoms with E-state index in [4.69, 9.17) is 9.47 Å². The highest BCUT2D eigenvalue weighted by molar-refractivity contribution is 7.99. The van der Waals surface area contributed by atoms with E-state index in [1.165, 1.54) is 4.90 Å². The van der Waals surface area contributed by atoms with E-state index in [1.54, 1.807) is 11.8 Å². The van der Waals surface area contributed by atoms with Gasteiger partial charge in [0.15, 0.2) is 0 Å². The van der Waals surface area contributed by atoms with Crippen LogP contribution in [0.1, 0.15) is 26.3 Å². The summed E-state index contributed by atoms with van der Waals surface area (Å²) in [6.45, 7) is 9.64. The van der Waals surface area contributed by atoms with Gasteiger partial charge in [-0.25, -0.2) is 4.79 Å². The van der Waals surface area contributed by atoms with E-state index < -0.39 is 11.7 Å². The molecule has 1 amide bonds. The van der Waals surface area contributed by atoms with Gasteiger partial charge in [-0.05, 0) is 62.7 Å². The molecule has 0 aromatic heterocycles. The molecule has 1 N–H and O–H groups in total. The van der Waals surface area contributed by atoms with Gasteiger partial charge in [-0.2, -0.15) is 0 Å². The van der Waals surface area contributed by atoms with Crippen LogP contribution in [-0.2, 0) is 11.3 Å². The molecule has 2 aromatic carbocycles. The summed E-state index contributed by atoms with van der Waals surface area (Å²) in [5.74, 6) is 2.42. The molecule has 0 fully saturated rings. The summed E-state index contributed by atoms with van der Waals surface area (Å²) in [6, 6.07) is 15.6. The molecule has 0 aliphatic heterocycles. The summed E-state index contributed by atoms with van der Waals surface area (Å²) >= 11 is 1.73. The Morgan fingerprint density at radius 1 is 1.08 bits per heavy atom. The third kappa shape index (κ3) is 7.23. The topological polar surface area (TPSA) is 47.6 Å². The lowest BCUT2D eigenvalue weighted by Gasteiger charge is -2.19. The van der Waals surface area contributed by atoms with Gasteiger partial charge in [0.05, 0.1) is 0 Å². The standard InChI is InChI=1S/C21H25NO3S/c1-5-14-26-19-12-10-18(11-13-19)24-17-8-6-16(7-9-17)15-22-20(23)25-21(2,3)4/h5-13H,1,14-15H2,2-4H3,(H,22,23). The van der Waals surface area contributed by atoms with Crippen LogP contribution in [0.15, 0.2) is 66.1 Å². The molecular weight excluding hydrogens is 346 g/mol. The Balaban J connectivity index is 1.85. The second-order valence-electron chi connectivity index (χ2n) is 6.67. The van der Waals surface area contributed by atoms with E-state index in [9.17, 15) is 4.79 Å². The van der Waals surface area contributed by atoms with E-state index in [0.717, 1.165) is 22.8 Å². The Bertz CT molecular complexity index is 718. The summed E-state index contributed by atoms with van der Waals surface area (Å²) in [6.07, 6.45) is 1.46. The minimum Gasteiger partial charge on any atom is -0.457 e. The first-order chi connectivity index (χ1) is 12.4. The second kappa shape index (κ2) is 9.34. The minimum atomic E-state index is -0.498. The molecular formula is C21H25NO3S. The highest BCUT2D eigenvalue weighted by Crippen LogP contribution is 2.25. The second-order valence-corrected chi connectivity index (χ2v) is 7.77. The normalized spacial score (nSPS) is 10.9. The average molecular weight is 372 g/mol. The molecule has 0 saturated carbocycles. The first-order valence-electron chi connectivity index (χ1n) is 8.43. The van der Waals surface area contributed by atoms with Crippen LogP contribution in [0.5, 0.6) is 11.5 Å². The first kappa shape index (κ1) is 19.9. The number of nitrogens with one attached hydrogen (secondary N) is 1. The number of carbonyl (C=O) groups excluding carboxylic acids is 1. The lowest BCUT2D eigenvalue weighted by atomic mass is 10.2. The minimum absolute atomic E-state index is 0.407. The number of carbonyl (C=O) groups is 1. The van der Waals surface area contributed by atoms with Gasteiger partial charge in [-0.15, -0.1) is 18.3 Å². The van der Waals surface area contributed by atoms with Crippen LogP contribution in [-0.4, -0.2) is 17.4 Å². The van der Waals surface area contributed by atoms with Gasteiger partial charge < -0.3 is 14.8 Å². The zero-order valence-electron chi connectivity index (χ0n) is 15.5. The Kier molecular flexibility index (Phi) is 7.16. The van der Waals surface area contributed by atoms with Gasteiger partial charge in [0.25, 0.3) is 0 Å². The molecule has 0 spiro atoms. The van der Waals surface area contributed by atoms with Crippen molar-refractivity contribution in [1.82, 2.24) is 5.32 Å². The molecule has 2 aromatic rings. The third-order valence-electron chi connectivity index (χ3n) is 3.19. The molecule has 0 unspecified atom stereocenters. The zero-order chi connectivity index (χ0) is 19.0. The molecule has 0 bridgehead atoms. The van der Waals surface area contributed by atoms with Crippen molar-refractivity contribution in [2.24, 2.45) is 0 Å². The monoisotopic (exact) mass is 371 g/mol. The predicted molar refractivity (Wildman–Crippen MR) is 107 cm³/mol. The van der Waals surface area contributed by atoms with Crippen LogP contribution in [0, 0.1) is 0 Å². The van der Waals surface area contributed by atoms with Crippen molar-refractivity contribution in [3.8, 4) is 11.5 Å². The van der Waals surface area contributed by atoms with E-state index >= 15 is 0 Å². The van der Waals surface area contributed by atoms with Gasteiger partial charge in [-0.1, -0.05) is 18.2 Å². The SMILES string of the molecule is C=CCSc1ccc(Oc2ccc(CNC(=O)OC(C)(C)C)cc2)cc1. The molecule has 0 saturated heterocycles. The van der Waals surface area contributed by atoms with Gasteiger partial charge >= 0.3 is 6.09 Å². The summed E-state index contributed by atoms with van der Waals surface area (Å²) in [5, 5.41) is 2.74. The van der Waals surface area contributed by atoms with E-state index in [1.807, 2.05) is 75.4 Å². The number of benzene rings is 2. The summed E-state index contributed by atoms with van der Waals surface area (Å²) in [5.41, 5.74) is 0.473. The van der Waals surface area contributed by atoms with Crippen molar-refractivity contribution >= 4 is 17.9 Å². The number of thioether (sulfide) groups is 1. The maximum absolute atomic E-state index is 11.7. The van der Waals surface area contributed by atoms with Crippen LogP contribution in [0.4, 0.5) is 4.79 Å².